The minimum Gasteiger partial charge on any atom is -0.469 e. The maximum Gasteiger partial charge on any atom is 0.323 e. The molecule has 2 N–H and O–H groups in total. The zero-order chi connectivity index (χ0) is 16.9. The third kappa shape index (κ3) is 3.74. The van der Waals surface area contributed by atoms with E-state index in [0.29, 0.717) is 12.1 Å². The predicted octanol–water partition coefficient (Wildman–Crippen LogP) is 3.61. The summed E-state index contributed by atoms with van der Waals surface area (Å²) in [5.74, 6) is -0.267. The van der Waals surface area contributed by atoms with E-state index in [2.05, 4.69) is 10.6 Å². The van der Waals surface area contributed by atoms with E-state index >= 15 is 0 Å². The number of hydrogen-bond donors (Lipinski definition) is 2. The number of urea groups is 1. The van der Waals surface area contributed by atoms with Crippen LogP contribution in [0.2, 0.25) is 0 Å². The summed E-state index contributed by atoms with van der Waals surface area (Å²) in [5.41, 5.74) is 3.77. The van der Waals surface area contributed by atoms with Gasteiger partial charge in [0.15, 0.2) is 0 Å². The van der Waals surface area contributed by atoms with Gasteiger partial charge in [0.1, 0.15) is 0 Å². The van der Waals surface area contributed by atoms with E-state index in [1.807, 2.05) is 48.5 Å². The normalized spacial score (nSPS) is 16.0. The van der Waals surface area contributed by atoms with Crippen molar-refractivity contribution in [3.8, 4) is 0 Å². The molecule has 0 spiro atoms. The van der Waals surface area contributed by atoms with Crippen LogP contribution in [0.3, 0.4) is 0 Å². The Bertz CT molecular complexity index is 744. The lowest BCUT2D eigenvalue weighted by Gasteiger charge is -2.23. The number of para-hydroxylation sites is 1. The lowest BCUT2D eigenvalue weighted by molar-refractivity contribution is -0.145. The molecule has 24 heavy (non-hydrogen) atoms. The molecular formula is C19H20N2O3. The van der Waals surface area contributed by atoms with E-state index in [1.165, 1.54) is 12.7 Å². The van der Waals surface area contributed by atoms with Gasteiger partial charge in [-0.2, -0.15) is 0 Å². The van der Waals surface area contributed by atoms with Gasteiger partial charge in [0.05, 0.1) is 13.0 Å². The Morgan fingerprint density at radius 1 is 1.00 bits per heavy atom. The molecule has 2 aromatic rings. The van der Waals surface area contributed by atoms with E-state index in [-0.39, 0.29) is 17.9 Å². The summed E-state index contributed by atoms with van der Waals surface area (Å²) in [6.07, 6.45) is 2.31. The first-order valence-electron chi connectivity index (χ1n) is 7.98. The van der Waals surface area contributed by atoms with Gasteiger partial charge in [0, 0.05) is 11.4 Å². The number of methoxy groups -OCH3 is 1. The van der Waals surface area contributed by atoms with Gasteiger partial charge in [-0.15, -0.1) is 0 Å². The first-order chi connectivity index (χ1) is 11.7. The maximum absolute atomic E-state index is 12.1. The van der Waals surface area contributed by atoms with E-state index in [0.717, 1.165) is 24.1 Å². The number of aryl methyl sites for hydroxylation is 1. The third-order valence-corrected chi connectivity index (χ3v) is 4.26. The van der Waals surface area contributed by atoms with Crippen LogP contribution in [0.5, 0.6) is 0 Å². The highest BCUT2D eigenvalue weighted by Crippen LogP contribution is 2.28. The van der Waals surface area contributed by atoms with Gasteiger partial charge in [0.25, 0.3) is 0 Å². The molecule has 5 nitrogen and oxygen atoms in total. The summed E-state index contributed by atoms with van der Waals surface area (Å²) < 4.78 is 4.85. The van der Waals surface area contributed by atoms with Crippen molar-refractivity contribution in [2.24, 2.45) is 5.92 Å². The number of fused-ring (bicyclic) bond motifs is 1. The van der Waals surface area contributed by atoms with Crippen LogP contribution in [0.15, 0.2) is 48.5 Å². The number of benzene rings is 2. The molecule has 5 heteroatoms. The summed E-state index contributed by atoms with van der Waals surface area (Å²) >= 11 is 0. The van der Waals surface area contributed by atoms with Gasteiger partial charge in [-0.3, -0.25) is 4.79 Å². The standard InChI is InChI=1S/C19H20N2O3/c1-24-18(22)14-8-7-13-9-10-17(12-15(13)11-14)21-19(23)20-16-5-3-2-4-6-16/h2-6,9-10,12,14H,7-8,11H2,1H3,(H2,20,21,23). The summed E-state index contributed by atoms with van der Waals surface area (Å²) in [5, 5.41) is 5.61. The number of ether oxygens (including phenoxy) is 1. The number of carbonyl (C=O) groups is 2. The van der Waals surface area contributed by atoms with Gasteiger partial charge in [-0.05, 0) is 54.7 Å². The SMILES string of the molecule is COC(=O)C1CCc2ccc(NC(=O)Nc3ccccc3)cc2C1. The van der Waals surface area contributed by atoms with Crippen molar-refractivity contribution in [1.82, 2.24) is 0 Å². The van der Waals surface area contributed by atoms with Crippen LogP contribution < -0.4 is 10.6 Å². The Labute approximate surface area is 141 Å². The smallest absolute Gasteiger partial charge is 0.323 e. The van der Waals surface area contributed by atoms with Crippen LogP contribution in [-0.2, 0) is 22.4 Å². The van der Waals surface area contributed by atoms with E-state index in [9.17, 15) is 9.59 Å². The fourth-order valence-electron chi connectivity index (χ4n) is 3.02. The second kappa shape index (κ2) is 7.17. The number of anilines is 2. The van der Waals surface area contributed by atoms with Crippen molar-refractivity contribution < 1.29 is 14.3 Å². The molecule has 0 saturated heterocycles. The molecule has 1 atom stereocenters. The second-order valence-corrected chi connectivity index (χ2v) is 5.89. The van der Waals surface area contributed by atoms with Gasteiger partial charge >= 0.3 is 12.0 Å². The van der Waals surface area contributed by atoms with E-state index < -0.39 is 0 Å². The molecule has 0 fully saturated rings. The third-order valence-electron chi connectivity index (χ3n) is 4.26. The van der Waals surface area contributed by atoms with Gasteiger partial charge in [-0.1, -0.05) is 24.3 Å². The van der Waals surface area contributed by atoms with Crippen LogP contribution >= 0.6 is 0 Å². The average molecular weight is 324 g/mol. The van der Waals surface area contributed by atoms with Crippen molar-refractivity contribution in [2.75, 3.05) is 17.7 Å². The van der Waals surface area contributed by atoms with Crippen LogP contribution in [0, 0.1) is 5.92 Å². The quantitative estimate of drug-likeness (QED) is 0.848. The molecule has 0 aliphatic heterocycles. The molecule has 1 aliphatic rings. The lowest BCUT2D eigenvalue weighted by atomic mass is 9.84. The Balaban J connectivity index is 1.67. The van der Waals surface area contributed by atoms with Gasteiger partial charge < -0.3 is 15.4 Å². The summed E-state index contributed by atoms with van der Waals surface area (Å²) in [4.78, 5) is 23.8. The molecule has 124 valence electrons. The fraction of sp³-hybridized carbons (Fsp3) is 0.263. The Morgan fingerprint density at radius 3 is 2.50 bits per heavy atom. The van der Waals surface area contributed by atoms with Crippen LogP contribution in [-0.4, -0.2) is 19.1 Å². The molecule has 1 aliphatic carbocycles. The molecule has 0 radical (unpaired) electrons. The lowest BCUT2D eigenvalue weighted by Crippen LogP contribution is -2.24. The molecule has 1 unspecified atom stereocenters. The molecule has 2 amide bonds. The molecule has 3 rings (SSSR count). The number of esters is 1. The number of hydrogen-bond acceptors (Lipinski definition) is 3. The van der Waals surface area contributed by atoms with Gasteiger partial charge in [0.2, 0.25) is 0 Å². The van der Waals surface area contributed by atoms with Crippen molar-refractivity contribution >= 4 is 23.4 Å². The second-order valence-electron chi connectivity index (χ2n) is 5.89. The molecule has 0 heterocycles. The molecule has 2 aromatic carbocycles. The Kier molecular flexibility index (Phi) is 4.79. The highest BCUT2D eigenvalue weighted by atomic mass is 16.5. The molecule has 0 saturated carbocycles. The van der Waals surface area contributed by atoms with Crippen LogP contribution in [0.4, 0.5) is 16.2 Å². The number of amides is 2. The average Bonchev–Trinajstić information content (AvgIpc) is 2.61. The number of rotatable bonds is 3. The number of carbonyl (C=O) groups excluding carboxylic acids is 2. The topological polar surface area (TPSA) is 67.4 Å². The Hall–Kier alpha value is -2.82. The summed E-state index contributed by atoms with van der Waals surface area (Å²) in [6.45, 7) is 0. The molecular weight excluding hydrogens is 304 g/mol. The minimum atomic E-state index is -0.290. The summed E-state index contributed by atoms with van der Waals surface area (Å²) in [6, 6.07) is 14.8. The first kappa shape index (κ1) is 16.1. The maximum atomic E-state index is 12.1. The highest BCUT2D eigenvalue weighted by Gasteiger charge is 2.25. The predicted molar refractivity (Wildman–Crippen MR) is 93.1 cm³/mol. The van der Waals surface area contributed by atoms with Crippen molar-refractivity contribution in [3.05, 3.63) is 59.7 Å². The summed E-state index contributed by atoms with van der Waals surface area (Å²) in [7, 11) is 1.42. The minimum absolute atomic E-state index is 0.101. The monoisotopic (exact) mass is 324 g/mol. The van der Waals surface area contributed by atoms with Crippen molar-refractivity contribution in [1.29, 1.82) is 0 Å². The van der Waals surface area contributed by atoms with Gasteiger partial charge in [-0.25, -0.2) is 4.79 Å². The molecule has 0 bridgehead atoms. The largest absolute Gasteiger partial charge is 0.469 e. The first-order valence-corrected chi connectivity index (χ1v) is 7.98. The van der Waals surface area contributed by atoms with Crippen molar-refractivity contribution in [3.63, 3.8) is 0 Å². The number of nitrogens with one attached hydrogen (secondary N) is 2. The van der Waals surface area contributed by atoms with Crippen LogP contribution in [0.25, 0.3) is 0 Å². The zero-order valence-electron chi connectivity index (χ0n) is 13.5. The van der Waals surface area contributed by atoms with Crippen LogP contribution in [0.1, 0.15) is 17.5 Å². The highest BCUT2D eigenvalue weighted by molar-refractivity contribution is 5.99. The Morgan fingerprint density at radius 2 is 1.75 bits per heavy atom. The zero-order valence-corrected chi connectivity index (χ0v) is 13.5. The fourth-order valence-corrected chi connectivity index (χ4v) is 3.02. The molecule has 0 aromatic heterocycles. The van der Waals surface area contributed by atoms with E-state index in [4.69, 9.17) is 4.74 Å². The van der Waals surface area contributed by atoms with E-state index in [1.54, 1.807) is 0 Å². The van der Waals surface area contributed by atoms with Crippen molar-refractivity contribution in [2.45, 2.75) is 19.3 Å².